The molecule has 0 aromatic heterocycles. The smallest absolute Gasteiger partial charge is 0.0702 e. The zero-order valence-corrected chi connectivity index (χ0v) is 13.0. The second-order valence-corrected chi connectivity index (χ2v) is 7.54. The van der Waals surface area contributed by atoms with Gasteiger partial charge in [-0.3, -0.25) is 0 Å². The van der Waals surface area contributed by atoms with E-state index in [1.165, 1.54) is 12.8 Å². The Morgan fingerprint density at radius 3 is 1.82 bits per heavy atom. The van der Waals surface area contributed by atoms with E-state index in [1.807, 2.05) is 7.11 Å². The highest BCUT2D eigenvalue weighted by molar-refractivity contribution is 5.02. The molecule has 0 aromatic carbocycles. The highest BCUT2D eigenvalue weighted by Gasteiger charge is 2.46. The number of ether oxygens (including phenoxy) is 1. The van der Waals surface area contributed by atoms with Gasteiger partial charge in [-0.2, -0.15) is 0 Å². The summed E-state index contributed by atoms with van der Waals surface area (Å²) in [6.07, 6.45) is 2.36. The summed E-state index contributed by atoms with van der Waals surface area (Å²) in [5, 5.41) is 3.74. The van der Waals surface area contributed by atoms with Gasteiger partial charge in [-0.25, -0.2) is 0 Å². The molecule has 1 heterocycles. The summed E-state index contributed by atoms with van der Waals surface area (Å²) in [4.78, 5) is 0. The van der Waals surface area contributed by atoms with Gasteiger partial charge in [-0.1, -0.05) is 13.8 Å². The van der Waals surface area contributed by atoms with Crippen LogP contribution in [0.2, 0.25) is 0 Å². The summed E-state index contributed by atoms with van der Waals surface area (Å²) in [5.74, 6) is 1.15. The molecule has 0 amide bonds. The maximum atomic E-state index is 5.90. The third-order valence-corrected chi connectivity index (χ3v) is 4.59. The van der Waals surface area contributed by atoms with Crippen LogP contribution in [0.25, 0.3) is 0 Å². The minimum absolute atomic E-state index is 0.0172. The van der Waals surface area contributed by atoms with Crippen molar-refractivity contribution in [2.75, 3.05) is 7.11 Å². The summed E-state index contributed by atoms with van der Waals surface area (Å²) in [5.41, 5.74) is 0.374. The molecule has 0 radical (unpaired) electrons. The number of methoxy groups -OCH3 is 1. The summed E-state index contributed by atoms with van der Waals surface area (Å²) >= 11 is 0. The lowest BCUT2D eigenvalue weighted by Gasteiger charge is -2.52. The highest BCUT2D eigenvalue weighted by Crippen LogP contribution is 2.43. The van der Waals surface area contributed by atoms with E-state index in [-0.39, 0.29) is 16.7 Å². The Hall–Kier alpha value is -0.0800. The van der Waals surface area contributed by atoms with Crippen LogP contribution in [0.4, 0.5) is 0 Å². The van der Waals surface area contributed by atoms with Gasteiger partial charge in [0.1, 0.15) is 0 Å². The zero-order valence-electron chi connectivity index (χ0n) is 13.0. The predicted octanol–water partition coefficient (Wildman–Crippen LogP) is 3.60. The van der Waals surface area contributed by atoms with Crippen molar-refractivity contribution in [1.29, 1.82) is 0 Å². The maximum absolute atomic E-state index is 5.90. The van der Waals surface area contributed by atoms with Gasteiger partial charge in [0.2, 0.25) is 0 Å². The van der Waals surface area contributed by atoms with Gasteiger partial charge >= 0.3 is 0 Å². The fraction of sp³-hybridized carbons (Fsp3) is 1.00. The molecule has 0 saturated carbocycles. The summed E-state index contributed by atoms with van der Waals surface area (Å²) in [7, 11) is 1.86. The van der Waals surface area contributed by atoms with E-state index in [2.05, 4.69) is 53.8 Å². The highest BCUT2D eigenvalue weighted by atomic mass is 16.5. The third kappa shape index (κ3) is 3.23. The van der Waals surface area contributed by atoms with Crippen molar-refractivity contribution in [3.8, 4) is 0 Å². The van der Waals surface area contributed by atoms with Crippen LogP contribution in [0, 0.1) is 11.8 Å². The molecule has 1 saturated heterocycles. The minimum atomic E-state index is -0.0172. The first-order valence-corrected chi connectivity index (χ1v) is 6.87. The summed E-state index contributed by atoms with van der Waals surface area (Å²) in [6.45, 7) is 16.0. The third-order valence-electron chi connectivity index (χ3n) is 4.59. The molecule has 1 rings (SSSR count). The Balaban J connectivity index is 2.97. The van der Waals surface area contributed by atoms with Gasteiger partial charge < -0.3 is 10.1 Å². The molecule has 0 spiro atoms. The topological polar surface area (TPSA) is 21.3 Å². The van der Waals surface area contributed by atoms with E-state index in [9.17, 15) is 0 Å². The van der Waals surface area contributed by atoms with Crippen molar-refractivity contribution < 1.29 is 4.74 Å². The monoisotopic (exact) mass is 241 g/mol. The molecule has 1 aliphatic rings. The number of piperidine rings is 1. The molecule has 1 fully saturated rings. The fourth-order valence-electron chi connectivity index (χ4n) is 3.60. The molecule has 0 aromatic rings. The minimum Gasteiger partial charge on any atom is -0.378 e. The van der Waals surface area contributed by atoms with Gasteiger partial charge in [0.25, 0.3) is 0 Å². The predicted molar refractivity (Wildman–Crippen MR) is 74.3 cm³/mol. The molecule has 102 valence electrons. The molecular weight excluding hydrogens is 210 g/mol. The molecular formula is C15H31NO. The van der Waals surface area contributed by atoms with Crippen LogP contribution in [0.5, 0.6) is 0 Å². The summed E-state index contributed by atoms with van der Waals surface area (Å²) < 4.78 is 5.90. The Morgan fingerprint density at radius 2 is 1.53 bits per heavy atom. The van der Waals surface area contributed by atoms with Gasteiger partial charge in [0.15, 0.2) is 0 Å². The molecule has 2 nitrogen and oxygen atoms in total. The molecule has 1 aliphatic heterocycles. The Bertz CT molecular complexity index is 254. The van der Waals surface area contributed by atoms with Crippen molar-refractivity contribution in [3.05, 3.63) is 0 Å². The first-order chi connectivity index (χ1) is 7.52. The lowest BCUT2D eigenvalue weighted by atomic mass is 9.66. The van der Waals surface area contributed by atoms with Crippen LogP contribution in [0.1, 0.15) is 61.3 Å². The van der Waals surface area contributed by atoms with E-state index >= 15 is 0 Å². The lowest BCUT2D eigenvalue weighted by Crippen LogP contribution is -2.62. The second kappa shape index (κ2) is 4.55. The Kier molecular flexibility index (Phi) is 4.01. The number of hydrogen-bond acceptors (Lipinski definition) is 2. The first kappa shape index (κ1) is 15.0. The zero-order chi connectivity index (χ0) is 13.5. The molecule has 17 heavy (non-hydrogen) atoms. The van der Waals surface area contributed by atoms with Crippen LogP contribution in [-0.2, 0) is 4.74 Å². The van der Waals surface area contributed by atoms with Crippen LogP contribution in [-0.4, -0.2) is 23.8 Å². The number of nitrogens with one attached hydrogen (secondary N) is 1. The van der Waals surface area contributed by atoms with E-state index in [0.29, 0.717) is 11.8 Å². The standard InChI is InChI=1S/C15H31NO/c1-11(2)15(7,17-8)12-9-13(3,4)16-14(5,6)10-12/h11-12,16H,9-10H2,1-8H3. The normalized spacial score (nSPS) is 28.1. The van der Waals surface area contributed by atoms with Crippen molar-refractivity contribution in [2.45, 2.75) is 78.0 Å². The number of hydrogen-bond donors (Lipinski definition) is 1. The average Bonchev–Trinajstić information content (AvgIpc) is 2.11. The quantitative estimate of drug-likeness (QED) is 0.815. The average molecular weight is 241 g/mol. The van der Waals surface area contributed by atoms with Crippen LogP contribution in [0.3, 0.4) is 0 Å². The molecule has 0 bridgehead atoms. The Labute approximate surface area is 108 Å². The summed E-state index contributed by atoms with van der Waals surface area (Å²) in [6, 6.07) is 0. The van der Waals surface area contributed by atoms with E-state index in [4.69, 9.17) is 4.74 Å². The van der Waals surface area contributed by atoms with Crippen molar-refractivity contribution in [1.82, 2.24) is 5.32 Å². The van der Waals surface area contributed by atoms with Crippen LogP contribution >= 0.6 is 0 Å². The van der Waals surface area contributed by atoms with Crippen molar-refractivity contribution in [3.63, 3.8) is 0 Å². The SMILES string of the molecule is COC(C)(C(C)C)C1CC(C)(C)NC(C)(C)C1. The largest absolute Gasteiger partial charge is 0.378 e. The van der Waals surface area contributed by atoms with Gasteiger partial charge in [0, 0.05) is 18.2 Å². The molecule has 0 aliphatic carbocycles. The van der Waals surface area contributed by atoms with Gasteiger partial charge in [0.05, 0.1) is 5.60 Å². The van der Waals surface area contributed by atoms with E-state index < -0.39 is 0 Å². The maximum Gasteiger partial charge on any atom is 0.0702 e. The molecule has 1 N–H and O–H groups in total. The van der Waals surface area contributed by atoms with E-state index in [0.717, 1.165) is 0 Å². The van der Waals surface area contributed by atoms with Gasteiger partial charge in [-0.05, 0) is 59.3 Å². The fourth-order valence-corrected chi connectivity index (χ4v) is 3.60. The molecule has 1 atom stereocenters. The van der Waals surface area contributed by atoms with Crippen LogP contribution in [0.15, 0.2) is 0 Å². The van der Waals surface area contributed by atoms with Crippen LogP contribution < -0.4 is 5.32 Å². The molecule has 2 heteroatoms. The second-order valence-electron chi connectivity index (χ2n) is 7.54. The first-order valence-electron chi connectivity index (χ1n) is 6.87. The van der Waals surface area contributed by atoms with Gasteiger partial charge in [-0.15, -0.1) is 0 Å². The Morgan fingerprint density at radius 1 is 1.12 bits per heavy atom. The van der Waals surface area contributed by atoms with E-state index in [1.54, 1.807) is 0 Å². The number of rotatable bonds is 3. The molecule has 1 unspecified atom stereocenters. The lowest BCUT2D eigenvalue weighted by molar-refractivity contribution is -0.107. The van der Waals surface area contributed by atoms with Crippen molar-refractivity contribution >= 4 is 0 Å². The van der Waals surface area contributed by atoms with Crippen molar-refractivity contribution in [2.24, 2.45) is 11.8 Å².